The van der Waals surface area contributed by atoms with Gasteiger partial charge in [0.1, 0.15) is 0 Å². The molecule has 2 rings (SSSR count). The van der Waals surface area contributed by atoms with Crippen LogP contribution in [0.4, 0.5) is 0 Å². The van der Waals surface area contributed by atoms with Gasteiger partial charge in [-0.05, 0) is 64.2 Å². The van der Waals surface area contributed by atoms with E-state index in [1.807, 2.05) is 0 Å². The number of hydrogen-bond acceptors (Lipinski definition) is 3. The average Bonchev–Trinajstić information content (AvgIpc) is 2.49. The first kappa shape index (κ1) is 17.0. The standard InChI is InChI=1S/C18H33NO2/c1-18(2,16-11-7-4-8-12-16)21-17(20)19-14-13-15-9-5-3-6-10-15/h3,5,15-17,19-20H,4,6-14H2,1-2H3/t15-,17?/m1/s1. The molecule has 2 atom stereocenters. The van der Waals surface area contributed by atoms with Gasteiger partial charge in [-0.2, -0.15) is 0 Å². The van der Waals surface area contributed by atoms with Crippen molar-refractivity contribution >= 4 is 0 Å². The first-order valence-electron chi connectivity index (χ1n) is 8.82. The highest BCUT2D eigenvalue weighted by Crippen LogP contribution is 2.35. The Hall–Kier alpha value is -0.380. The van der Waals surface area contributed by atoms with Crippen LogP contribution < -0.4 is 5.32 Å². The molecular weight excluding hydrogens is 262 g/mol. The van der Waals surface area contributed by atoms with E-state index >= 15 is 0 Å². The smallest absolute Gasteiger partial charge is 0.214 e. The zero-order valence-electron chi connectivity index (χ0n) is 13.8. The lowest BCUT2D eigenvalue weighted by molar-refractivity contribution is -0.208. The molecule has 0 spiro atoms. The Morgan fingerprint density at radius 3 is 2.62 bits per heavy atom. The van der Waals surface area contributed by atoms with Crippen LogP contribution in [0.5, 0.6) is 0 Å². The number of aliphatic hydroxyl groups excluding tert-OH is 1. The predicted octanol–water partition coefficient (Wildman–Crippen LogP) is 3.97. The molecule has 0 amide bonds. The molecule has 2 N–H and O–H groups in total. The van der Waals surface area contributed by atoms with Crippen LogP contribution in [0.2, 0.25) is 0 Å². The van der Waals surface area contributed by atoms with Crippen LogP contribution in [0.25, 0.3) is 0 Å². The van der Waals surface area contributed by atoms with E-state index in [0.717, 1.165) is 18.9 Å². The SMILES string of the molecule is CC(C)(OC(O)NCC[C@@H]1CC=CCC1)C1CCCCC1. The van der Waals surface area contributed by atoms with Crippen molar-refractivity contribution in [1.29, 1.82) is 0 Å². The van der Waals surface area contributed by atoms with Crippen LogP contribution >= 0.6 is 0 Å². The van der Waals surface area contributed by atoms with E-state index in [2.05, 4.69) is 31.3 Å². The molecule has 3 nitrogen and oxygen atoms in total. The highest BCUT2D eigenvalue weighted by atomic mass is 16.6. The van der Waals surface area contributed by atoms with Crippen LogP contribution in [-0.4, -0.2) is 23.7 Å². The fourth-order valence-corrected chi connectivity index (χ4v) is 3.75. The molecule has 0 heterocycles. The zero-order chi connectivity index (χ0) is 15.1. The van der Waals surface area contributed by atoms with Crippen molar-refractivity contribution in [3.63, 3.8) is 0 Å². The zero-order valence-corrected chi connectivity index (χ0v) is 13.8. The summed E-state index contributed by atoms with van der Waals surface area (Å²) >= 11 is 0. The van der Waals surface area contributed by atoms with E-state index in [1.165, 1.54) is 51.4 Å². The van der Waals surface area contributed by atoms with Crippen LogP contribution in [-0.2, 0) is 4.74 Å². The third-order valence-corrected chi connectivity index (χ3v) is 5.25. The summed E-state index contributed by atoms with van der Waals surface area (Å²) in [6.07, 6.45) is 14.9. The Morgan fingerprint density at radius 2 is 1.95 bits per heavy atom. The summed E-state index contributed by atoms with van der Waals surface area (Å²) in [5, 5.41) is 13.2. The molecule has 0 saturated heterocycles. The van der Waals surface area contributed by atoms with Crippen molar-refractivity contribution in [2.45, 2.75) is 83.6 Å². The Bertz CT molecular complexity index is 321. The Balaban J connectivity index is 1.65. The van der Waals surface area contributed by atoms with Gasteiger partial charge in [0.05, 0.1) is 5.60 Å². The Kier molecular flexibility index (Phi) is 6.72. The maximum Gasteiger partial charge on any atom is 0.214 e. The Labute approximate surface area is 130 Å². The third kappa shape index (κ3) is 5.72. The summed E-state index contributed by atoms with van der Waals surface area (Å²) in [6, 6.07) is 0. The minimum Gasteiger partial charge on any atom is -0.356 e. The van der Waals surface area contributed by atoms with Crippen molar-refractivity contribution in [1.82, 2.24) is 5.32 Å². The summed E-state index contributed by atoms with van der Waals surface area (Å²) in [5.74, 6) is 1.34. The molecule has 122 valence electrons. The Morgan fingerprint density at radius 1 is 1.19 bits per heavy atom. The van der Waals surface area contributed by atoms with Gasteiger partial charge in [0.25, 0.3) is 0 Å². The minimum atomic E-state index is -0.832. The number of rotatable bonds is 7. The monoisotopic (exact) mass is 295 g/mol. The van der Waals surface area contributed by atoms with Gasteiger partial charge in [0.2, 0.25) is 6.41 Å². The highest BCUT2D eigenvalue weighted by molar-refractivity contribution is 4.90. The highest BCUT2D eigenvalue weighted by Gasteiger charge is 2.33. The number of ether oxygens (including phenoxy) is 1. The van der Waals surface area contributed by atoms with Gasteiger partial charge in [-0.25, -0.2) is 0 Å². The molecule has 0 aliphatic heterocycles. The fourth-order valence-electron chi connectivity index (χ4n) is 3.75. The van der Waals surface area contributed by atoms with E-state index < -0.39 is 6.41 Å². The lowest BCUT2D eigenvalue weighted by Crippen LogP contribution is -2.44. The van der Waals surface area contributed by atoms with Gasteiger partial charge in [0.15, 0.2) is 0 Å². The molecular formula is C18H33NO2. The second-order valence-corrected chi connectivity index (χ2v) is 7.30. The molecule has 0 aromatic carbocycles. The molecule has 1 fully saturated rings. The lowest BCUT2D eigenvalue weighted by Gasteiger charge is -2.38. The summed E-state index contributed by atoms with van der Waals surface area (Å²) in [6.45, 7) is 5.08. The molecule has 3 heteroatoms. The first-order chi connectivity index (χ1) is 10.1. The van der Waals surface area contributed by atoms with Gasteiger partial charge in [-0.3, -0.25) is 5.32 Å². The van der Waals surface area contributed by atoms with E-state index in [9.17, 15) is 5.11 Å². The van der Waals surface area contributed by atoms with E-state index in [4.69, 9.17) is 4.74 Å². The van der Waals surface area contributed by atoms with Crippen molar-refractivity contribution < 1.29 is 9.84 Å². The summed E-state index contributed by atoms with van der Waals surface area (Å²) in [5.41, 5.74) is -0.236. The van der Waals surface area contributed by atoms with Crippen LogP contribution in [0.1, 0.15) is 71.6 Å². The summed E-state index contributed by atoms with van der Waals surface area (Å²) < 4.78 is 5.90. The molecule has 1 unspecified atom stereocenters. The largest absolute Gasteiger partial charge is 0.356 e. The minimum absolute atomic E-state index is 0.236. The van der Waals surface area contributed by atoms with E-state index in [1.54, 1.807) is 0 Å². The van der Waals surface area contributed by atoms with Gasteiger partial charge >= 0.3 is 0 Å². The predicted molar refractivity (Wildman–Crippen MR) is 86.8 cm³/mol. The summed E-state index contributed by atoms with van der Waals surface area (Å²) in [7, 11) is 0. The van der Waals surface area contributed by atoms with Crippen molar-refractivity contribution in [2.75, 3.05) is 6.54 Å². The van der Waals surface area contributed by atoms with E-state index in [0.29, 0.717) is 5.92 Å². The maximum atomic E-state index is 10.1. The van der Waals surface area contributed by atoms with Gasteiger partial charge < -0.3 is 9.84 Å². The van der Waals surface area contributed by atoms with Gasteiger partial charge in [-0.1, -0.05) is 31.4 Å². The van der Waals surface area contributed by atoms with Gasteiger partial charge in [0, 0.05) is 6.54 Å². The second kappa shape index (κ2) is 8.30. The molecule has 1 saturated carbocycles. The summed E-state index contributed by atoms with van der Waals surface area (Å²) in [4.78, 5) is 0. The molecule has 2 aliphatic carbocycles. The average molecular weight is 295 g/mol. The van der Waals surface area contributed by atoms with Crippen LogP contribution in [0, 0.1) is 11.8 Å². The third-order valence-electron chi connectivity index (χ3n) is 5.25. The number of aliphatic hydroxyl groups is 1. The molecule has 21 heavy (non-hydrogen) atoms. The number of nitrogens with one attached hydrogen (secondary N) is 1. The number of hydrogen-bond donors (Lipinski definition) is 2. The van der Waals surface area contributed by atoms with Crippen molar-refractivity contribution in [3.8, 4) is 0 Å². The van der Waals surface area contributed by atoms with Crippen molar-refractivity contribution in [2.24, 2.45) is 11.8 Å². The van der Waals surface area contributed by atoms with Crippen molar-refractivity contribution in [3.05, 3.63) is 12.2 Å². The van der Waals surface area contributed by atoms with Crippen LogP contribution in [0.3, 0.4) is 0 Å². The first-order valence-corrected chi connectivity index (χ1v) is 8.82. The quantitative estimate of drug-likeness (QED) is 0.551. The van der Waals surface area contributed by atoms with Gasteiger partial charge in [-0.15, -0.1) is 0 Å². The van der Waals surface area contributed by atoms with E-state index in [-0.39, 0.29) is 5.60 Å². The second-order valence-electron chi connectivity index (χ2n) is 7.30. The molecule has 0 aromatic rings. The lowest BCUT2D eigenvalue weighted by atomic mass is 9.79. The molecule has 0 aromatic heterocycles. The molecule has 2 aliphatic rings. The molecule has 0 radical (unpaired) electrons. The normalized spacial score (nSPS) is 26.0. The number of allylic oxidation sites excluding steroid dienone is 2. The fraction of sp³-hybridized carbons (Fsp3) is 0.889. The van der Waals surface area contributed by atoms with Crippen LogP contribution in [0.15, 0.2) is 12.2 Å². The maximum absolute atomic E-state index is 10.1. The molecule has 0 bridgehead atoms. The topological polar surface area (TPSA) is 41.5 Å².